The van der Waals surface area contributed by atoms with E-state index in [9.17, 15) is 9.59 Å². The summed E-state index contributed by atoms with van der Waals surface area (Å²) in [6.07, 6.45) is 0. The van der Waals surface area contributed by atoms with Gasteiger partial charge in [0, 0.05) is 36.1 Å². The third-order valence-corrected chi connectivity index (χ3v) is 5.77. The maximum absolute atomic E-state index is 12.6. The van der Waals surface area contributed by atoms with Crippen molar-refractivity contribution < 1.29 is 14.3 Å². The van der Waals surface area contributed by atoms with Gasteiger partial charge >= 0.3 is 5.97 Å². The van der Waals surface area contributed by atoms with E-state index in [-0.39, 0.29) is 11.9 Å². The molecule has 2 aromatic rings. The monoisotopic (exact) mass is 392 g/mol. The van der Waals surface area contributed by atoms with Crippen molar-refractivity contribution in [2.45, 2.75) is 13.0 Å². The van der Waals surface area contributed by atoms with Crippen LogP contribution >= 0.6 is 22.9 Å². The maximum atomic E-state index is 12.6. The van der Waals surface area contributed by atoms with Crippen LogP contribution in [0.4, 0.5) is 0 Å². The molecular formula is C19H21ClN2O3S. The summed E-state index contributed by atoms with van der Waals surface area (Å²) < 4.78 is 5.00. The summed E-state index contributed by atoms with van der Waals surface area (Å²) in [4.78, 5) is 30.7. The molecule has 3 rings (SSSR count). The Labute approximate surface area is 162 Å². The van der Waals surface area contributed by atoms with Crippen molar-refractivity contribution in [2.75, 3.05) is 33.3 Å². The number of ether oxygens (including phenoxy) is 1. The van der Waals surface area contributed by atoms with Crippen LogP contribution in [0.1, 0.15) is 26.2 Å². The fraction of sp³-hybridized carbons (Fsp3) is 0.368. The lowest BCUT2D eigenvalue weighted by Crippen LogP contribution is -2.51. The molecule has 1 aromatic carbocycles. The molecule has 0 N–H and O–H groups in total. The maximum Gasteiger partial charge on any atom is 0.327 e. The molecule has 1 fully saturated rings. The molecule has 138 valence electrons. The summed E-state index contributed by atoms with van der Waals surface area (Å²) in [5.74, 6) is -0.246. The van der Waals surface area contributed by atoms with Gasteiger partial charge in [-0.2, -0.15) is 0 Å². The van der Waals surface area contributed by atoms with Crippen molar-refractivity contribution in [1.29, 1.82) is 0 Å². The molecule has 26 heavy (non-hydrogen) atoms. The number of piperazine rings is 1. The summed E-state index contributed by atoms with van der Waals surface area (Å²) >= 11 is 7.47. The van der Waals surface area contributed by atoms with Gasteiger partial charge in [-0.3, -0.25) is 9.69 Å². The van der Waals surface area contributed by atoms with Crippen molar-refractivity contribution in [2.24, 2.45) is 0 Å². The Morgan fingerprint density at radius 3 is 2.27 bits per heavy atom. The highest BCUT2D eigenvalue weighted by Gasteiger charge is 2.32. The standard InChI is InChI=1S/C19H21ClN2O3S/c1-13-3-8-16(26-13)18(23)22-11-9-21(10-12-22)17(19(24)25-2)14-4-6-15(20)7-5-14/h3-8,17H,9-12H2,1-2H3. The van der Waals surface area contributed by atoms with Gasteiger partial charge in [-0.05, 0) is 36.8 Å². The molecule has 2 heterocycles. The number of aryl methyl sites for hydroxylation is 1. The van der Waals surface area contributed by atoms with Gasteiger partial charge in [-0.1, -0.05) is 23.7 Å². The quantitative estimate of drug-likeness (QED) is 0.748. The number of amides is 1. The zero-order valence-corrected chi connectivity index (χ0v) is 16.3. The minimum absolute atomic E-state index is 0.0591. The number of carbonyl (C=O) groups is 2. The average molecular weight is 393 g/mol. The van der Waals surface area contributed by atoms with Crippen LogP contribution in [0.2, 0.25) is 5.02 Å². The minimum atomic E-state index is -0.487. The summed E-state index contributed by atoms with van der Waals surface area (Å²) in [5, 5.41) is 0.624. The van der Waals surface area contributed by atoms with E-state index in [0.717, 1.165) is 15.3 Å². The molecule has 0 spiro atoms. The Morgan fingerprint density at radius 2 is 1.73 bits per heavy atom. The molecule has 5 nitrogen and oxygen atoms in total. The summed E-state index contributed by atoms with van der Waals surface area (Å²) in [6, 6.07) is 10.6. The lowest BCUT2D eigenvalue weighted by molar-refractivity contribution is -0.148. The van der Waals surface area contributed by atoms with Crippen LogP contribution < -0.4 is 0 Å². The van der Waals surface area contributed by atoms with Crippen LogP contribution in [0.5, 0.6) is 0 Å². The molecule has 0 bridgehead atoms. The van der Waals surface area contributed by atoms with E-state index >= 15 is 0 Å². The first-order valence-corrected chi connectivity index (χ1v) is 9.62. The van der Waals surface area contributed by atoms with Crippen LogP contribution in [0, 0.1) is 6.92 Å². The van der Waals surface area contributed by atoms with Gasteiger partial charge in [-0.25, -0.2) is 4.79 Å². The third-order valence-electron chi connectivity index (χ3n) is 4.53. The second kappa shape index (κ2) is 8.20. The van der Waals surface area contributed by atoms with E-state index in [0.29, 0.717) is 31.2 Å². The fourth-order valence-corrected chi connectivity index (χ4v) is 4.10. The normalized spacial score (nSPS) is 16.3. The molecule has 7 heteroatoms. The van der Waals surface area contributed by atoms with Crippen molar-refractivity contribution in [3.05, 3.63) is 56.7 Å². The molecule has 1 aromatic heterocycles. The first kappa shape index (κ1) is 18.9. The summed E-state index contributed by atoms with van der Waals surface area (Å²) in [7, 11) is 1.39. The van der Waals surface area contributed by atoms with Crippen LogP contribution in [0.15, 0.2) is 36.4 Å². The number of rotatable bonds is 4. The van der Waals surface area contributed by atoms with Crippen molar-refractivity contribution in [1.82, 2.24) is 9.80 Å². The highest BCUT2D eigenvalue weighted by Crippen LogP contribution is 2.26. The van der Waals surface area contributed by atoms with E-state index in [1.54, 1.807) is 12.1 Å². The van der Waals surface area contributed by atoms with E-state index in [2.05, 4.69) is 4.90 Å². The predicted molar refractivity (Wildman–Crippen MR) is 103 cm³/mol. The number of carbonyl (C=O) groups excluding carboxylic acids is 2. The van der Waals surface area contributed by atoms with Crippen molar-refractivity contribution in [3.8, 4) is 0 Å². The number of nitrogens with zero attached hydrogens (tertiary/aromatic N) is 2. The second-order valence-electron chi connectivity index (χ2n) is 6.22. The number of thiophene rings is 1. The highest BCUT2D eigenvalue weighted by atomic mass is 35.5. The lowest BCUT2D eigenvalue weighted by atomic mass is 10.0. The third kappa shape index (κ3) is 4.09. The van der Waals surface area contributed by atoms with E-state index < -0.39 is 6.04 Å². The second-order valence-corrected chi connectivity index (χ2v) is 7.94. The van der Waals surface area contributed by atoms with Gasteiger partial charge in [0.05, 0.1) is 12.0 Å². The van der Waals surface area contributed by atoms with Crippen LogP contribution in [-0.4, -0.2) is 55.0 Å². The van der Waals surface area contributed by atoms with Crippen molar-refractivity contribution >= 4 is 34.8 Å². The Morgan fingerprint density at radius 1 is 1.08 bits per heavy atom. The zero-order valence-electron chi connectivity index (χ0n) is 14.8. The SMILES string of the molecule is COC(=O)C(c1ccc(Cl)cc1)N1CCN(C(=O)c2ccc(C)s2)CC1. The molecular weight excluding hydrogens is 372 g/mol. The first-order valence-electron chi connectivity index (χ1n) is 8.42. The van der Waals surface area contributed by atoms with Gasteiger partial charge in [-0.15, -0.1) is 11.3 Å². The van der Waals surface area contributed by atoms with Crippen LogP contribution in [0.25, 0.3) is 0 Å². The van der Waals surface area contributed by atoms with Crippen LogP contribution in [-0.2, 0) is 9.53 Å². The van der Waals surface area contributed by atoms with Crippen molar-refractivity contribution in [3.63, 3.8) is 0 Å². The molecule has 0 saturated carbocycles. The first-order chi connectivity index (χ1) is 12.5. The van der Waals surface area contributed by atoms with Gasteiger partial charge < -0.3 is 9.64 Å². The molecule has 1 atom stereocenters. The Bertz CT molecular complexity index is 782. The number of benzene rings is 1. The van der Waals surface area contributed by atoms with E-state index in [4.69, 9.17) is 16.3 Å². The number of hydrogen-bond donors (Lipinski definition) is 0. The van der Waals surface area contributed by atoms with E-state index in [1.807, 2.05) is 36.1 Å². The summed E-state index contributed by atoms with van der Waals surface area (Å²) in [5.41, 5.74) is 0.843. The Hall–Kier alpha value is -1.89. The molecule has 1 aliphatic rings. The van der Waals surface area contributed by atoms with Gasteiger partial charge in [0.1, 0.15) is 6.04 Å². The topological polar surface area (TPSA) is 49.9 Å². The number of esters is 1. The molecule has 1 saturated heterocycles. The number of halogens is 1. The van der Waals surface area contributed by atoms with Gasteiger partial charge in [0.15, 0.2) is 0 Å². The van der Waals surface area contributed by atoms with Gasteiger partial charge in [0.25, 0.3) is 5.91 Å². The Balaban J connectivity index is 1.70. The molecule has 1 aliphatic heterocycles. The predicted octanol–water partition coefficient (Wildman–Crippen LogP) is 3.38. The molecule has 0 aliphatic carbocycles. The molecule has 1 unspecified atom stereocenters. The molecule has 1 amide bonds. The lowest BCUT2D eigenvalue weighted by Gasteiger charge is -2.38. The minimum Gasteiger partial charge on any atom is -0.468 e. The summed E-state index contributed by atoms with van der Waals surface area (Å²) in [6.45, 7) is 4.37. The van der Waals surface area contributed by atoms with E-state index in [1.165, 1.54) is 18.4 Å². The van der Waals surface area contributed by atoms with Crippen LogP contribution in [0.3, 0.4) is 0 Å². The largest absolute Gasteiger partial charge is 0.468 e. The average Bonchev–Trinajstić information content (AvgIpc) is 3.09. The Kier molecular flexibility index (Phi) is 5.96. The fourth-order valence-electron chi connectivity index (χ4n) is 3.14. The zero-order chi connectivity index (χ0) is 18.7. The highest BCUT2D eigenvalue weighted by molar-refractivity contribution is 7.13. The molecule has 0 radical (unpaired) electrons. The smallest absolute Gasteiger partial charge is 0.327 e. The number of hydrogen-bond acceptors (Lipinski definition) is 5. The number of methoxy groups -OCH3 is 1. The van der Waals surface area contributed by atoms with Gasteiger partial charge in [0.2, 0.25) is 0 Å².